The molecule has 0 bridgehead atoms. The number of aromatic carboxylic acids is 1. The van der Waals surface area contributed by atoms with Crippen LogP contribution < -0.4 is 10.6 Å². The third-order valence-corrected chi connectivity index (χ3v) is 5.18. The number of carbonyl (C=O) groups is 2. The lowest BCUT2D eigenvalue weighted by molar-refractivity contribution is 0.0527. The maximum Gasteiger partial charge on any atom is 0.341 e. The number of hydrogen-bond donors (Lipinski definition) is 3. The third kappa shape index (κ3) is 5.18. The summed E-state index contributed by atoms with van der Waals surface area (Å²) in [6.45, 7) is 2.01. The van der Waals surface area contributed by atoms with Gasteiger partial charge < -0.3 is 20.5 Å². The summed E-state index contributed by atoms with van der Waals surface area (Å²) in [5, 5.41) is 15.9. The largest absolute Gasteiger partial charge is 0.478 e. The highest BCUT2D eigenvalue weighted by atomic mass is 32.1. The molecular formula is C21H18N2O4S2. The second-order valence-corrected chi connectivity index (χ2v) is 7.37. The smallest absolute Gasteiger partial charge is 0.341 e. The maximum atomic E-state index is 12.4. The van der Waals surface area contributed by atoms with Crippen molar-refractivity contribution in [2.75, 3.05) is 17.2 Å². The second-order valence-electron chi connectivity index (χ2n) is 5.91. The number of anilines is 2. The monoisotopic (exact) mass is 426 g/mol. The molecule has 0 aliphatic carbocycles. The van der Waals surface area contributed by atoms with Crippen LogP contribution in [0, 0.1) is 0 Å². The van der Waals surface area contributed by atoms with Gasteiger partial charge in [0.1, 0.15) is 5.00 Å². The molecule has 8 heteroatoms. The molecule has 0 fully saturated rings. The maximum absolute atomic E-state index is 12.4. The summed E-state index contributed by atoms with van der Waals surface area (Å²) in [5.41, 5.74) is 2.04. The number of esters is 1. The first-order valence-electron chi connectivity index (χ1n) is 8.75. The van der Waals surface area contributed by atoms with Crippen LogP contribution in [-0.4, -0.2) is 28.8 Å². The number of nitrogens with one attached hydrogen (secondary N) is 2. The molecule has 0 aliphatic rings. The van der Waals surface area contributed by atoms with E-state index in [1.54, 1.807) is 25.1 Å². The van der Waals surface area contributed by atoms with Gasteiger partial charge in [0.15, 0.2) is 5.11 Å². The third-order valence-electron chi connectivity index (χ3n) is 3.88. The van der Waals surface area contributed by atoms with E-state index in [0.29, 0.717) is 16.3 Å². The van der Waals surface area contributed by atoms with Crippen molar-refractivity contribution in [3.8, 4) is 10.4 Å². The van der Waals surface area contributed by atoms with Gasteiger partial charge in [-0.3, -0.25) is 0 Å². The van der Waals surface area contributed by atoms with Crippen LogP contribution in [0.25, 0.3) is 10.4 Å². The average molecular weight is 427 g/mol. The van der Waals surface area contributed by atoms with Gasteiger partial charge in [-0.25, -0.2) is 9.59 Å². The Bertz CT molecular complexity index is 1050. The molecule has 1 heterocycles. The van der Waals surface area contributed by atoms with E-state index in [2.05, 4.69) is 10.6 Å². The van der Waals surface area contributed by atoms with Gasteiger partial charge >= 0.3 is 11.9 Å². The molecule has 6 nitrogen and oxygen atoms in total. The predicted molar refractivity (Wildman–Crippen MR) is 119 cm³/mol. The zero-order chi connectivity index (χ0) is 20.8. The zero-order valence-corrected chi connectivity index (χ0v) is 17.1. The molecule has 0 amide bonds. The van der Waals surface area contributed by atoms with Crippen LogP contribution in [0.1, 0.15) is 27.6 Å². The van der Waals surface area contributed by atoms with Crippen LogP contribution in [0.4, 0.5) is 10.7 Å². The molecule has 2 aromatic carbocycles. The first-order chi connectivity index (χ1) is 14.0. The van der Waals surface area contributed by atoms with E-state index >= 15 is 0 Å². The lowest BCUT2D eigenvalue weighted by Gasteiger charge is -2.11. The fraction of sp³-hybridized carbons (Fsp3) is 0.0952. The minimum Gasteiger partial charge on any atom is -0.478 e. The number of hydrogen-bond acceptors (Lipinski definition) is 5. The van der Waals surface area contributed by atoms with Gasteiger partial charge in [0, 0.05) is 10.6 Å². The fourth-order valence-corrected chi connectivity index (χ4v) is 3.92. The minimum absolute atomic E-state index is 0.146. The number of ether oxygens (including phenoxy) is 1. The lowest BCUT2D eigenvalue weighted by Crippen LogP contribution is -2.20. The van der Waals surface area contributed by atoms with Crippen LogP contribution in [-0.2, 0) is 4.74 Å². The Balaban J connectivity index is 1.84. The van der Waals surface area contributed by atoms with Crippen molar-refractivity contribution in [3.63, 3.8) is 0 Å². The molecule has 0 spiro atoms. The number of carbonyl (C=O) groups excluding carboxylic acids is 1. The first kappa shape index (κ1) is 20.5. The highest BCUT2D eigenvalue weighted by Crippen LogP contribution is 2.36. The molecule has 1 aromatic heterocycles. The second kappa shape index (κ2) is 9.31. The molecule has 0 radical (unpaired) electrons. The Morgan fingerprint density at radius 2 is 1.83 bits per heavy atom. The molecule has 0 atom stereocenters. The lowest BCUT2D eigenvalue weighted by atomic mass is 10.1. The van der Waals surface area contributed by atoms with E-state index in [-0.39, 0.29) is 17.3 Å². The summed E-state index contributed by atoms with van der Waals surface area (Å²) in [6.07, 6.45) is 0. The summed E-state index contributed by atoms with van der Waals surface area (Å²) < 4.78 is 5.16. The zero-order valence-electron chi connectivity index (χ0n) is 15.5. The highest BCUT2D eigenvalue weighted by Gasteiger charge is 2.19. The summed E-state index contributed by atoms with van der Waals surface area (Å²) in [6, 6.07) is 17.8. The quantitative estimate of drug-likeness (QED) is 0.373. The van der Waals surface area contributed by atoms with Crippen molar-refractivity contribution in [1.29, 1.82) is 0 Å². The van der Waals surface area contributed by atoms with E-state index in [1.807, 2.05) is 30.3 Å². The van der Waals surface area contributed by atoms with Gasteiger partial charge in [-0.1, -0.05) is 36.4 Å². The van der Waals surface area contributed by atoms with E-state index in [4.69, 9.17) is 22.1 Å². The molecule has 0 unspecified atom stereocenters. The topological polar surface area (TPSA) is 87.7 Å². The Hall–Kier alpha value is -3.23. The van der Waals surface area contributed by atoms with E-state index in [1.165, 1.54) is 23.5 Å². The SMILES string of the molecule is CCOC(=O)c1cc(-c2ccccc2)sc1NC(=S)Nc1cccc(C(=O)O)c1. The molecule has 29 heavy (non-hydrogen) atoms. The average Bonchev–Trinajstić information content (AvgIpc) is 3.12. The van der Waals surface area contributed by atoms with Gasteiger partial charge in [0.2, 0.25) is 0 Å². The number of thiophene rings is 1. The number of carboxylic acid groups (broad SMARTS) is 1. The molecule has 3 aromatic rings. The number of rotatable bonds is 6. The van der Waals surface area contributed by atoms with Crippen molar-refractivity contribution < 1.29 is 19.4 Å². The number of carboxylic acids is 1. The number of benzene rings is 2. The Kier molecular flexibility index (Phi) is 6.58. The van der Waals surface area contributed by atoms with Crippen molar-refractivity contribution in [1.82, 2.24) is 0 Å². The summed E-state index contributed by atoms with van der Waals surface area (Å²) in [4.78, 5) is 24.4. The summed E-state index contributed by atoms with van der Waals surface area (Å²) in [7, 11) is 0. The minimum atomic E-state index is -1.03. The molecule has 148 valence electrons. The molecule has 3 rings (SSSR count). The van der Waals surface area contributed by atoms with Crippen LogP contribution in [0.15, 0.2) is 60.7 Å². The number of thiocarbonyl (C=S) groups is 1. The van der Waals surface area contributed by atoms with Crippen LogP contribution in [0.2, 0.25) is 0 Å². The molecular weight excluding hydrogens is 408 g/mol. The first-order valence-corrected chi connectivity index (χ1v) is 9.98. The molecule has 0 saturated carbocycles. The van der Waals surface area contributed by atoms with Gasteiger partial charge in [-0.05, 0) is 49.0 Å². The van der Waals surface area contributed by atoms with Gasteiger partial charge in [0.05, 0.1) is 17.7 Å². The van der Waals surface area contributed by atoms with Crippen molar-refractivity contribution in [2.24, 2.45) is 0 Å². The summed E-state index contributed by atoms with van der Waals surface area (Å²) >= 11 is 6.73. The fourth-order valence-electron chi connectivity index (χ4n) is 2.58. The normalized spacial score (nSPS) is 10.2. The van der Waals surface area contributed by atoms with Crippen LogP contribution >= 0.6 is 23.6 Å². The van der Waals surface area contributed by atoms with E-state index < -0.39 is 11.9 Å². The van der Waals surface area contributed by atoms with Gasteiger partial charge in [-0.2, -0.15) is 0 Å². The van der Waals surface area contributed by atoms with Crippen LogP contribution in [0.5, 0.6) is 0 Å². The van der Waals surface area contributed by atoms with Crippen molar-refractivity contribution >= 4 is 51.3 Å². The van der Waals surface area contributed by atoms with Gasteiger partial charge in [0.25, 0.3) is 0 Å². The summed E-state index contributed by atoms with van der Waals surface area (Å²) in [5.74, 6) is -1.47. The Labute approximate surface area is 177 Å². The Morgan fingerprint density at radius 3 is 2.52 bits per heavy atom. The van der Waals surface area contributed by atoms with E-state index in [9.17, 15) is 9.59 Å². The molecule has 3 N–H and O–H groups in total. The molecule has 0 aliphatic heterocycles. The van der Waals surface area contributed by atoms with Crippen molar-refractivity contribution in [2.45, 2.75) is 6.92 Å². The van der Waals surface area contributed by atoms with Crippen LogP contribution in [0.3, 0.4) is 0 Å². The highest BCUT2D eigenvalue weighted by molar-refractivity contribution is 7.80. The Morgan fingerprint density at radius 1 is 1.07 bits per heavy atom. The van der Waals surface area contributed by atoms with Gasteiger partial charge in [-0.15, -0.1) is 11.3 Å². The van der Waals surface area contributed by atoms with Crippen molar-refractivity contribution in [3.05, 3.63) is 71.8 Å². The predicted octanol–water partition coefficient (Wildman–Crippen LogP) is 5.10. The van der Waals surface area contributed by atoms with E-state index in [0.717, 1.165) is 10.4 Å². The standard InChI is InChI=1S/C21H18N2O4S2/c1-2-27-20(26)16-12-17(13-7-4-3-5-8-13)29-18(16)23-21(28)22-15-10-6-9-14(11-15)19(24)25/h3-12H,2H2,1H3,(H,24,25)(H2,22,23,28). The molecule has 0 saturated heterocycles.